The van der Waals surface area contributed by atoms with Crippen molar-refractivity contribution in [2.24, 2.45) is 0 Å². The van der Waals surface area contributed by atoms with Crippen molar-refractivity contribution in [3.63, 3.8) is 0 Å². The molecule has 1 N–H and O–H groups in total. The summed E-state index contributed by atoms with van der Waals surface area (Å²) < 4.78 is 0. The zero-order valence-corrected chi connectivity index (χ0v) is 8.12. The molecule has 0 fully saturated rings. The summed E-state index contributed by atoms with van der Waals surface area (Å²) in [4.78, 5) is 2.07. The molecule has 1 aliphatic rings. The Kier molecular flexibility index (Phi) is 1.90. The van der Waals surface area contributed by atoms with Gasteiger partial charge in [0.1, 0.15) is 5.72 Å². The van der Waals surface area contributed by atoms with Crippen molar-refractivity contribution < 1.29 is 5.11 Å². The molecule has 1 aromatic carbocycles. The van der Waals surface area contributed by atoms with Crippen molar-refractivity contribution in [3.05, 3.63) is 35.4 Å². The average Bonchev–Trinajstić information content (AvgIpc) is 2.45. The van der Waals surface area contributed by atoms with Gasteiger partial charge in [-0.05, 0) is 25.0 Å². The van der Waals surface area contributed by atoms with Crippen molar-refractivity contribution in [1.82, 2.24) is 4.90 Å². The highest BCUT2D eigenvalue weighted by Gasteiger charge is 2.28. The summed E-state index contributed by atoms with van der Waals surface area (Å²) in [6.07, 6.45) is 0. The molecular formula is C11H15NO. The molecule has 0 unspecified atom stereocenters. The summed E-state index contributed by atoms with van der Waals surface area (Å²) in [5.41, 5.74) is 1.97. The van der Waals surface area contributed by atoms with Crippen LogP contribution in [0.25, 0.3) is 0 Å². The maximum atomic E-state index is 9.82. The molecule has 1 aromatic rings. The van der Waals surface area contributed by atoms with Crippen LogP contribution in [-0.4, -0.2) is 15.7 Å². The first-order valence-corrected chi connectivity index (χ1v) is 4.61. The number of fused-ring (bicyclic) bond motifs is 1. The van der Waals surface area contributed by atoms with Gasteiger partial charge in [0.2, 0.25) is 0 Å². The lowest BCUT2D eigenvalue weighted by molar-refractivity contribution is -0.0820. The molecule has 70 valence electrons. The molecule has 0 spiro atoms. The van der Waals surface area contributed by atoms with Gasteiger partial charge in [-0.1, -0.05) is 24.3 Å². The second-order valence-electron chi connectivity index (χ2n) is 4.12. The van der Waals surface area contributed by atoms with Crippen LogP contribution in [0.3, 0.4) is 0 Å². The predicted molar refractivity (Wildman–Crippen MR) is 52.0 cm³/mol. The Morgan fingerprint density at radius 2 is 1.62 bits per heavy atom. The SMILES string of the molecule is CC(C)(O)N1Cc2ccccc2C1. The van der Waals surface area contributed by atoms with Gasteiger partial charge in [-0.15, -0.1) is 0 Å². The summed E-state index contributed by atoms with van der Waals surface area (Å²) in [6, 6.07) is 8.35. The summed E-state index contributed by atoms with van der Waals surface area (Å²) in [5.74, 6) is 0. The molecule has 1 heterocycles. The lowest BCUT2D eigenvalue weighted by Gasteiger charge is -2.29. The summed E-state index contributed by atoms with van der Waals surface area (Å²) in [5, 5.41) is 9.82. The molecule has 0 amide bonds. The smallest absolute Gasteiger partial charge is 0.113 e. The van der Waals surface area contributed by atoms with Crippen LogP contribution in [0.2, 0.25) is 0 Å². The fraction of sp³-hybridized carbons (Fsp3) is 0.455. The number of hydrogen-bond donors (Lipinski definition) is 1. The molecule has 2 heteroatoms. The van der Waals surface area contributed by atoms with Crippen molar-refractivity contribution in [2.45, 2.75) is 32.7 Å². The van der Waals surface area contributed by atoms with E-state index in [1.165, 1.54) is 11.1 Å². The van der Waals surface area contributed by atoms with Gasteiger partial charge in [0, 0.05) is 13.1 Å². The van der Waals surface area contributed by atoms with E-state index in [4.69, 9.17) is 0 Å². The molecule has 0 saturated heterocycles. The van der Waals surface area contributed by atoms with E-state index < -0.39 is 5.72 Å². The molecule has 2 rings (SSSR count). The van der Waals surface area contributed by atoms with Gasteiger partial charge in [-0.25, -0.2) is 0 Å². The maximum Gasteiger partial charge on any atom is 0.113 e. The van der Waals surface area contributed by atoms with Crippen LogP contribution in [0.1, 0.15) is 25.0 Å². The number of aliphatic hydroxyl groups is 1. The highest BCUT2D eigenvalue weighted by molar-refractivity contribution is 5.30. The highest BCUT2D eigenvalue weighted by Crippen LogP contribution is 2.27. The van der Waals surface area contributed by atoms with Gasteiger partial charge in [-0.3, -0.25) is 4.90 Å². The van der Waals surface area contributed by atoms with Crippen molar-refractivity contribution >= 4 is 0 Å². The van der Waals surface area contributed by atoms with Crippen LogP contribution < -0.4 is 0 Å². The van der Waals surface area contributed by atoms with Crippen LogP contribution in [0.15, 0.2) is 24.3 Å². The maximum absolute atomic E-state index is 9.82. The first-order chi connectivity index (χ1) is 6.07. The van der Waals surface area contributed by atoms with E-state index in [0.717, 1.165) is 13.1 Å². The summed E-state index contributed by atoms with van der Waals surface area (Å²) in [6.45, 7) is 5.39. The second kappa shape index (κ2) is 2.82. The topological polar surface area (TPSA) is 23.5 Å². The molecule has 0 radical (unpaired) electrons. The fourth-order valence-electron chi connectivity index (χ4n) is 1.72. The van der Waals surface area contributed by atoms with Gasteiger partial charge in [-0.2, -0.15) is 0 Å². The minimum absolute atomic E-state index is 0.709. The normalized spacial score (nSPS) is 17.5. The zero-order valence-electron chi connectivity index (χ0n) is 8.12. The van der Waals surface area contributed by atoms with Crippen LogP contribution in [0.5, 0.6) is 0 Å². The van der Waals surface area contributed by atoms with Gasteiger partial charge in [0.25, 0.3) is 0 Å². The third-order valence-corrected chi connectivity index (χ3v) is 2.61. The van der Waals surface area contributed by atoms with E-state index in [1.54, 1.807) is 0 Å². The van der Waals surface area contributed by atoms with Gasteiger partial charge in [0.05, 0.1) is 0 Å². The van der Waals surface area contributed by atoms with E-state index in [-0.39, 0.29) is 0 Å². The van der Waals surface area contributed by atoms with Crippen molar-refractivity contribution in [1.29, 1.82) is 0 Å². The zero-order chi connectivity index (χ0) is 9.47. The molecule has 0 bridgehead atoms. The molecule has 2 nitrogen and oxygen atoms in total. The third-order valence-electron chi connectivity index (χ3n) is 2.61. The van der Waals surface area contributed by atoms with E-state index in [0.29, 0.717) is 0 Å². The van der Waals surface area contributed by atoms with E-state index in [9.17, 15) is 5.11 Å². The van der Waals surface area contributed by atoms with Gasteiger partial charge < -0.3 is 5.11 Å². The highest BCUT2D eigenvalue weighted by atomic mass is 16.3. The fourth-order valence-corrected chi connectivity index (χ4v) is 1.72. The Bertz CT molecular complexity index is 289. The number of rotatable bonds is 1. The quantitative estimate of drug-likeness (QED) is 0.706. The van der Waals surface area contributed by atoms with Gasteiger partial charge >= 0.3 is 0 Å². The average molecular weight is 177 g/mol. The minimum Gasteiger partial charge on any atom is -0.376 e. The standard InChI is InChI=1S/C11H15NO/c1-11(2,13)12-7-9-5-3-4-6-10(9)8-12/h3-6,13H,7-8H2,1-2H3. The van der Waals surface area contributed by atoms with Crippen LogP contribution >= 0.6 is 0 Å². The monoisotopic (exact) mass is 177 g/mol. The van der Waals surface area contributed by atoms with Gasteiger partial charge in [0.15, 0.2) is 0 Å². The van der Waals surface area contributed by atoms with Crippen LogP contribution in [0, 0.1) is 0 Å². The van der Waals surface area contributed by atoms with E-state index >= 15 is 0 Å². The predicted octanol–water partition coefficient (Wildman–Crippen LogP) is 1.73. The summed E-state index contributed by atoms with van der Waals surface area (Å²) >= 11 is 0. The Morgan fingerprint density at radius 3 is 2.00 bits per heavy atom. The summed E-state index contributed by atoms with van der Waals surface area (Å²) in [7, 11) is 0. The molecule has 0 aliphatic carbocycles. The minimum atomic E-state index is -0.709. The Hall–Kier alpha value is -0.860. The Morgan fingerprint density at radius 1 is 1.15 bits per heavy atom. The molecule has 1 aliphatic heterocycles. The Labute approximate surface area is 78.8 Å². The molecule has 0 atom stereocenters. The lowest BCUT2D eigenvalue weighted by atomic mass is 10.1. The van der Waals surface area contributed by atoms with Crippen LogP contribution in [0.4, 0.5) is 0 Å². The molecule has 0 saturated carbocycles. The first kappa shape index (κ1) is 8.73. The number of hydrogen-bond acceptors (Lipinski definition) is 2. The third kappa shape index (κ3) is 1.60. The van der Waals surface area contributed by atoms with Crippen LogP contribution in [-0.2, 0) is 13.1 Å². The lowest BCUT2D eigenvalue weighted by Crippen LogP contribution is -2.39. The molecule has 0 aromatic heterocycles. The Balaban J connectivity index is 2.23. The second-order valence-corrected chi connectivity index (χ2v) is 4.12. The van der Waals surface area contributed by atoms with Crippen molar-refractivity contribution in [2.75, 3.05) is 0 Å². The number of nitrogens with zero attached hydrogens (tertiary/aromatic N) is 1. The first-order valence-electron chi connectivity index (χ1n) is 4.61. The largest absolute Gasteiger partial charge is 0.376 e. The van der Waals surface area contributed by atoms with E-state index in [2.05, 4.69) is 17.0 Å². The molecular weight excluding hydrogens is 162 g/mol. The van der Waals surface area contributed by atoms with Crippen molar-refractivity contribution in [3.8, 4) is 0 Å². The van der Waals surface area contributed by atoms with E-state index in [1.807, 2.05) is 26.0 Å². The number of benzene rings is 1. The molecule has 13 heavy (non-hydrogen) atoms.